The number of nitrogens with zero attached hydrogens (tertiary/aromatic N) is 4. The first-order valence-electron chi connectivity index (χ1n) is 13.0. The smallest absolute Gasteiger partial charge is 0.247 e. The number of benzene rings is 2. The zero-order valence-corrected chi connectivity index (χ0v) is 23.1. The van der Waals surface area contributed by atoms with E-state index >= 15 is 0 Å². The molecule has 1 aliphatic rings. The number of carbonyl (C=O) groups is 3. The summed E-state index contributed by atoms with van der Waals surface area (Å²) in [5.41, 5.74) is 2.48. The number of hydrogen-bond acceptors (Lipinski definition) is 5. The lowest BCUT2D eigenvalue weighted by Gasteiger charge is -2.32. The summed E-state index contributed by atoms with van der Waals surface area (Å²) in [6.45, 7) is 1.55. The first-order valence-corrected chi connectivity index (χ1v) is 13.4. The third-order valence-electron chi connectivity index (χ3n) is 6.87. The molecule has 2 aromatic carbocycles. The van der Waals surface area contributed by atoms with Crippen LogP contribution in [0.15, 0.2) is 60.9 Å². The molecular formula is C29H34ClN5O4. The Balaban J connectivity index is 1.55. The lowest BCUT2D eigenvalue weighted by Crippen LogP contribution is -2.46. The van der Waals surface area contributed by atoms with E-state index < -0.39 is 6.04 Å². The van der Waals surface area contributed by atoms with E-state index in [1.165, 1.54) is 0 Å². The molecule has 1 aliphatic heterocycles. The molecule has 4 rings (SSSR count). The fourth-order valence-electron chi connectivity index (χ4n) is 4.70. The van der Waals surface area contributed by atoms with Crippen LogP contribution < -0.4 is 10.1 Å². The van der Waals surface area contributed by atoms with E-state index in [1.54, 1.807) is 53.2 Å². The van der Waals surface area contributed by atoms with Gasteiger partial charge in [-0.2, -0.15) is 5.10 Å². The van der Waals surface area contributed by atoms with Crippen LogP contribution in [0.2, 0.25) is 5.02 Å². The number of likely N-dealkylation sites (tertiary alicyclic amines) is 1. The molecule has 206 valence electrons. The summed E-state index contributed by atoms with van der Waals surface area (Å²) in [6, 6.07) is 13.9. The van der Waals surface area contributed by atoms with E-state index in [0.29, 0.717) is 36.5 Å². The average Bonchev–Trinajstić information content (AvgIpc) is 3.56. The van der Waals surface area contributed by atoms with Crippen molar-refractivity contribution >= 4 is 29.3 Å². The number of amides is 3. The van der Waals surface area contributed by atoms with Gasteiger partial charge in [-0.3, -0.25) is 19.1 Å². The molecule has 1 fully saturated rings. The van der Waals surface area contributed by atoms with E-state index in [4.69, 9.17) is 16.3 Å². The van der Waals surface area contributed by atoms with E-state index in [2.05, 4.69) is 10.4 Å². The molecule has 10 heteroatoms. The number of carbonyl (C=O) groups excluding carboxylic acids is 3. The number of ether oxygens (including phenoxy) is 1. The van der Waals surface area contributed by atoms with E-state index in [9.17, 15) is 14.4 Å². The molecule has 2 heterocycles. The van der Waals surface area contributed by atoms with Gasteiger partial charge in [-0.25, -0.2) is 0 Å². The molecule has 0 aliphatic carbocycles. The minimum Gasteiger partial charge on any atom is -0.497 e. The van der Waals surface area contributed by atoms with Crippen LogP contribution in [0.3, 0.4) is 0 Å². The van der Waals surface area contributed by atoms with Gasteiger partial charge in [0.15, 0.2) is 0 Å². The van der Waals surface area contributed by atoms with Crippen LogP contribution in [0.1, 0.15) is 42.0 Å². The maximum Gasteiger partial charge on any atom is 0.247 e. The predicted octanol–water partition coefficient (Wildman–Crippen LogP) is 3.52. The zero-order chi connectivity index (χ0) is 27.8. The number of hydrogen-bond donors (Lipinski definition) is 1. The third kappa shape index (κ3) is 7.60. The monoisotopic (exact) mass is 551 g/mol. The molecule has 1 saturated heterocycles. The Morgan fingerprint density at radius 2 is 1.85 bits per heavy atom. The van der Waals surface area contributed by atoms with Crippen molar-refractivity contribution in [2.45, 2.75) is 38.3 Å². The largest absolute Gasteiger partial charge is 0.497 e. The quantitative estimate of drug-likeness (QED) is 0.371. The Hall–Kier alpha value is -3.85. The SMILES string of the molecule is COc1ccc(CCC(=O)N(CCN2CCCC2=O)C(C(=O)NCc2ccc(Cl)cc2)c2cnn(C)c2)cc1. The number of halogens is 1. The predicted molar refractivity (Wildman–Crippen MR) is 148 cm³/mol. The zero-order valence-electron chi connectivity index (χ0n) is 22.3. The summed E-state index contributed by atoms with van der Waals surface area (Å²) >= 11 is 6.00. The molecule has 3 aromatic rings. The van der Waals surface area contributed by atoms with Crippen LogP contribution in [0.25, 0.3) is 0 Å². The van der Waals surface area contributed by atoms with Gasteiger partial charge in [-0.05, 0) is 48.2 Å². The fraction of sp³-hybridized carbons (Fsp3) is 0.379. The minimum absolute atomic E-state index is 0.0748. The van der Waals surface area contributed by atoms with Crippen molar-refractivity contribution in [1.82, 2.24) is 24.9 Å². The molecule has 1 atom stereocenters. The first kappa shape index (κ1) is 28.2. The Morgan fingerprint density at radius 1 is 1.13 bits per heavy atom. The van der Waals surface area contributed by atoms with Gasteiger partial charge in [0.05, 0.1) is 13.3 Å². The summed E-state index contributed by atoms with van der Waals surface area (Å²) < 4.78 is 6.84. The number of aryl methyl sites for hydroxylation is 2. The van der Waals surface area contributed by atoms with Gasteiger partial charge in [-0.15, -0.1) is 0 Å². The average molecular weight is 552 g/mol. The Morgan fingerprint density at radius 3 is 2.46 bits per heavy atom. The van der Waals surface area contributed by atoms with Crippen molar-refractivity contribution in [3.8, 4) is 5.75 Å². The number of nitrogens with one attached hydrogen (secondary N) is 1. The van der Waals surface area contributed by atoms with Gasteiger partial charge < -0.3 is 19.9 Å². The molecule has 0 bridgehead atoms. The van der Waals surface area contributed by atoms with Crippen LogP contribution >= 0.6 is 11.6 Å². The van der Waals surface area contributed by atoms with Gasteiger partial charge in [0.1, 0.15) is 11.8 Å². The van der Waals surface area contributed by atoms with Gasteiger partial charge >= 0.3 is 0 Å². The van der Waals surface area contributed by atoms with E-state index in [-0.39, 0.29) is 37.2 Å². The molecule has 39 heavy (non-hydrogen) atoms. The van der Waals surface area contributed by atoms with Gasteiger partial charge in [0.2, 0.25) is 17.7 Å². The van der Waals surface area contributed by atoms with Crippen LogP contribution in [0, 0.1) is 0 Å². The van der Waals surface area contributed by atoms with Gasteiger partial charge in [0, 0.05) is 62.9 Å². The topological polar surface area (TPSA) is 96.8 Å². The van der Waals surface area contributed by atoms with Gasteiger partial charge in [0.25, 0.3) is 0 Å². The van der Waals surface area contributed by atoms with Crippen LogP contribution in [-0.2, 0) is 34.4 Å². The van der Waals surface area contributed by atoms with Crippen LogP contribution in [0.5, 0.6) is 5.75 Å². The normalized spacial score (nSPS) is 13.8. The van der Waals surface area contributed by atoms with Crippen molar-refractivity contribution in [2.75, 3.05) is 26.7 Å². The van der Waals surface area contributed by atoms with Gasteiger partial charge in [-0.1, -0.05) is 35.9 Å². The molecule has 0 radical (unpaired) electrons. The Bertz CT molecular complexity index is 1280. The van der Waals surface area contributed by atoms with Crippen molar-refractivity contribution in [1.29, 1.82) is 0 Å². The maximum absolute atomic E-state index is 13.7. The van der Waals surface area contributed by atoms with Crippen molar-refractivity contribution in [2.24, 2.45) is 7.05 Å². The lowest BCUT2D eigenvalue weighted by molar-refractivity contribution is -0.141. The maximum atomic E-state index is 13.7. The highest BCUT2D eigenvalue weighted by Crippen LogP contribution is 2.24. The summed E-state index contributed by atoms with van der Waals surface area (Å²) in [7, 11) is 3.38. The summed E-state index contributed by atoms with van der Waals surface area (Å²) in [5, 5.41) is 7.85. The van der Waals surface area contributed by atoms with Crippen molar-refractivity contribution < 1.29 is 19.1 Å². The number of methoxy groups -OCH3 is 1. The second-order valence-corrected chi connectivity index (χ2v) is 10.1. The number of aromatic nitrogens is 2. The molecular weight excluding hydrogens is 518 g/mol. The van der Waals surface area contributed by atoms with Crippen LogP contribution in [0.4, 0.5) is 0 Å². The van der Waals surface area contributed by atoms with E-state index in [0.717, 1.165) is 23.3 Å². The summed E-state index contributed by atoms with van der Waals surface area (Å²) in [6.07, 6.45) is 5.39. The molecule has 0 saturated carbocycles. The Kier molecular flexibility index (Phi) is 9.59. The second-order valence-electron chi connectivity index (χ2n) is 9.61. The first-order chi connectivity index (χ1) is 18.8. The summed E-state index contributed by atoms with van der Waals surface area (Å²) in [5.74, 6) is 0.332. The van der Waals surface area contributed by atoms with E-state index in [1.807, 2.05) is 36.4 Å². The molecule has 1 N–H and O–H groups in total. The minimum atomic E-state index is -0.896. The molecule has 0 spiro atoms. The summed E-state index contributed by atoms with van der Waals surface area (Å²) in [4.78, 5) is 43.1. The standard InChI is InChI=1S/C29H34ClN5O4/c1-33-20-23(19-32-33)28(29(38)31-18-22-5-10-24(30)11-6-22)35(17-16-34-15-3-4-26(34)36)27(37)14-9-21-7-12-25(39-2)13-8-21/h5-8,10-13,19-20,28H,3-4,9,14-18H2,1-2H3,(H,31,38). The van der Waals surface area contributed by atoms with Crippen LogP contribution in [-0.4, -0.2) is 64.0 Å². The van der Waals surface area contributed by atoms with Crippen molar-refractivity contribution in [3.63, 3.8) is 0 Å². The Labute approximate surface area is 233 Å². The fourth-order valence-corrected chi connectivity index (χ4v) is 4.82. The number of rotatable bonds is 12. The highest BCUT2D eigenvalue weighted by molar-refractivity contribution is 6.30. The third-order valence-corrected chi connectivity index (χ3v) is 7.12. The molecule has 1 unspecified atom stereocenters. The second kappa shape index (κ2) is 13.3. The molecule has 9 nitrogen and oxygen atoms in total. The molecule has 1 aromatic heterocycles. The van der Waals surface area contributed by atoms with Crippen molar-refractivity contribution in [3.05, 3.63) is 82.6 Å². The molecule has 3 amide bonds. The lowest BCUT2D eigenvalue weighted by atomic mass is 10.0. The highest BCUT2D eigenvalue weighted by atomic mass is 35.5. The highest BCUT2D eigenvalue weighted by Gasteiger charge is 2.33.